The summed E-state index contributed by atoms with van der Waals surface area (Å²) in [5.74, 6) is 1.38. The normalized spacial score (nSPS) is 31.7. The van der Waals surface area contributed by atoms with Crippen LogP contribution in [0.15, 0.2) is 0 Å². The van der Waals surface area contributed by atoms with E-state index in [0.717, 1.165) is 12.8 Å². The van der Waals surface area contributed by atoms with E-state index in [4.69, 9.17) is 11.6 Å². The fraction of sp³-hybridized carbons (Fsp3) is 0.917. The molecule has 1 rings (SSSR count). The van der Waals surface area contributed by atoms with Gasteiger partial charge in [0.25, 0.3) is 0 Å². The first kappa shape index (κ1) is 12.8. The summed E-state index contributed by atoms with van der Waals surface area (Å²) in [6, 6.07) is 0. The molecule has 0 radical (unpaired) electrons. The lowest BCUT2D eigenvalue weighted by Gasteiger charge is -2.39. The molecule has 15 heavy (non-hydrogen) atoms. The molecule has 3 heteroatoms. The Morgan fingerprint density at radius 3 is 2.73 bits per heavy atom. The summed E-state index contributed by atoms with van der Waals surface area (Å²) < 4.78 is 0. The van der Waals surface area contributed by atoms with Gasteiger partial charge in [0.1, 0.15) is 0 Å². The average molecular weight is 232 g/mol. The van der Waals surface area contributed by atoms with Crippen molar-refractivity contribution in [1.29, 1.82) is 0 Å². The molecule has 0 aromatic rings. The molecule has 1 N–H and O–H groups in total. The Kier molecular flexibility index (Phi) is 4.45. The first-order valence-electron chi connectivity index (χ1n) is 5.87. The summed E-state index contributed by atoms with van der Waals surface area (Å²) in [5, 5.41) is 3.14. The van der Waals surface area contributed by atoms with Gasteiger partial charge in [0.05, 0.1) is 5.54 Å². The van der Waals surface area contributed by atoms with Crippen LogP contribution in [0.25, 0.3) is 0 Å². The molecule has 1 amide bonds. The monoisotopic (exact) mass is 231 g/mol. The first-order chi connectivity index (χ1) is 6.99. The number of rotatable bonds is 3. The molecule has 1 aliphatic rings. The van der Waals surface area contributed by atoms with Crippen molar-refractivity contribution in [2.45, 2.75) is 52.0 Å². The summed E-state index contributed by atoms with van der Waals surface area (Å²) in [7, 11) is 0. The molecule has 0 aromatic carbocycles. The number of hydrogen-bond donors (Lipinski definition) is 1. The Hall–Kier alpha value is -0.240. The van der Waals surface area contributed by atoms with Crippen molar-refractivity contribution in [1.82, 2.24) is 5.32 Å². The third-order valence-corrected chi connectivity index (χ3v) is 3.77. The van der Waals surface area contributed by atoms with Crippen molar-refractivity contribution in [3.05, 3.63) is 0 Å². The number of alkyl halides is 1. The van der Waals surface area contributed by atoms with Gasteiger partial charge in [-0.3, -0.25) is 4.79 Å². The van der Waals surface area contributed by atoms with E-state index >= 15 is 0 Å². The Morgan fingerprint density at radius 1 is 1.60 bits per heavy atom. The van der Waals surface area contributed by atoms with E-state index < -0.39 is 0 Å². The molecular weight excluding hydrogens is 210 g/mol. The molecule has 2 unspecified atom stereocenters. The molecule has 88 valence electrons. The molecule has 1 saturated carbocycles. The minimum Gasteiger partial charge on any atom is -0.349 e. The van der Waals surface area contributed by atoms with Crippen LogP contribution in [0.5, 0.6) is 0 Å². The highest BCUT2D eigenvalue weighted by Gasteiger charge is 2.35. The zero-order chi connectivity index (χ0) is 11.5. The third kappa shape index (κ3) is 3.37. The molecular formula is C12H22ClNO. The molecule has 1 fully saturated rings. The molecule has 0 heterocycles. The van der Waals surface area contributed by atoms with Crippen LogP contribution in [0.3, 0.4) is 0 Å². The molecule has 0 bridgehead atoms. The van der Waals surface area contributed by atoms with E-state index in [9.17, 15) is 4.79 Å². The van der Waals surface area contributed by atoms with E-state index in [0.29, 0.717) is 11.8 Å². The number of carbonyl (C=O) groups is 1. The summed E-state index contributed by atoms with van der Waals surface area (Å²) in [6.07, 6.45) is 4.48. The maximum absolute atomic E-state index is 11.7. The van der Waals surface area contributed by atoms with Gasteiger partial charge >= 0.3 is 0 Å². The minimum absolute atomic E-state index is 0.0438. The van der Waals surface area contributed by atoms with Gasteiger partial charge < -0.3 is 5.32 Å². The molecule has 2 nitrogen and oxygen atoms in total. The smallest absolute Gasteiger partial charge is 0.223 e. The van der Waals surface area contributed by atoms with Crippen molar-refractivity contribution in [2.24, 2.45) is 11.8 Å². The highest BCUT2D eigenvalue weighted by atomic mass is 35.5. The fourth-order valence-corrected chi connectivity index (χ4v) is 2.64. The highest BCUT2D eigenvalue weighted by Crippen LogP contribution is 2.33. The average Bonchev–Trinajstić information content (AvgIpc) is 2.17. The van der Waals surface area contributed by atoms with Crippen LogP contribution in [0.1, 0.15) is 46.5 Å². The molecule has 1 aliphatic carbocycles. The number of hydrogen-bond acceptors (Lipinski definition) is 1. The van der Waals surface area contributed by atoms with Crippen LogP contribution >= 0.6 is 11.6 Å². The van der Waals surface area contributed by atoms with Crippen molar-refractivity contribution in [3.8, 4) is 0 Å². The number of nitrogens with one attached hydrogen (secondary N) is 1. The van der Waals surface area contributed by atoms with Gasteiger partial charge in [-0.15, -0.1) is 11.6 Å². The number of amides is 1. The van der Waals surface area contributed by atoms with Crippen molar-refractivity contribution in [2.75, 3.05) is 5.88 Å². The van der Waals surface area contributed by atoms with Gasteiger partial charge in [-0.05, 0) is 18.8 Å². The molecule has 2 atom stereocenters. The predicted octanol–water partition coefficient (Wildman–Crippen LogP) is 2.95. The summed E-state index contributed by atoms with van der Waals surface area (Å²) >= 11 is 6.04. The van der Waals surface area contributed by atoms with E-state index in [1.54, 1.807) is 0 Å². The summed E-state index contributed by atoms with van der Waals surface area (Å²) in [5.41, 5.74) is -0.138. The Bertz CT molecular complexity index is 230. The Morgan fingerprint density at radius 2 is 2.27 bits per heavy atom. The van der Waals surface area contributed by atoms with E-state index in [-0.39, 0.29) is 17.4 Å². The van der Waals surface area contributed by atoms with Gasteiger partial charge in [-0.2, -0.15) is 0 Å². The van der Waals surface area contributed by atoms with E-state index in [1.165, 1.54) is 12.8 Å². The summed E-state index contributed by atoms with van der Waals surface area (Å²) in [4.78, 5) is 11.7. The molecule has 0 aromatic heterocycles. The van der Waals surface area contributed by atoms with E-state index in [2.05, 4.69) is 12.2 Å². The van der Waals surface area contributed by atoms with Crippen LogP contribution < -0.4 is 5.32 Å². The van der Waals surface area contributed by atoms with Crippen LogP contribution in [-0.2, 0) is 4.79 Å². The second-order valence-corrected chi connectivity index (χ2v) is 5.53. The standard InChI is InChI=1S/C12H22ClNO/c1-9(2)11(15)14-12(8-13)6-4-5-10(3)7-12/h9-10H,4-8H2,1-3H3,(H,14,15). The maximum atomic E-state index is 11.7. The van der Waals surface area contributed by atoms with Crippen LogP contribution in [-0.4, -0.2) is 17.3 Å². The van der Waals surface area contributed by atoms with Crippen LogP contribution in [0.4, 0.5) is 0 Å². The second kappa shape index (κ2) is 5.20. The van der Waals surface area contributed by atoms with Crippen molar-refractivity contribution >= 4 is 17.5 Å². The van der Waals surface area contributed by atoms with Crippen LogP contribution in [0.2, 0.25) is 0 Å². The Balaban J connectivity index is 2.63. The van der Waals surface area contributed by atoms with Gasteiger partial charge in [0.2, 0.25) is 5.91 Å². The van der Waals surface area contributed by atoms with E-state index in [1.807, 2.05) is 13.8 Å². The largest absolute Gasteiger partial charge is 0.349 e. The van der Waals surface area contributed by atoms with Gasteiger partial charge in [0.15, 0.2) is 0 Å². The number of carbonyl (C=O) groups excluding carboxylic acids is 1. The Labute approximate surface area is 97.8 Å². The topological polar surface area (TPSA) is 29.1 Å². The quantitative estimate of drug-likeness (QED) is 0.744. The van der Waals surface area contributed by atoms with Gasteiger partial charge in [-0.1, -0.05) is 33.6 Å². The van der Waals surface area contributed by atoms with Crippen molar-refractivity contribution in [3.63, 3.8) is 0 Å². The third-order valence-electron chi connectivity index (χ3n) is 3.26. The fourth-order valence-electron chi connectivity index (χ4n) is 2.33. The molecule has 0 saturated heterocycles. The zero-order valence-corrected chi connectivity index (χ0v) is 10.7. The summed E-state index contributed by atoms with van der Waals surface area (Å²) in [6.45, 7) is 6.08. The zero-order valence-electron chi connectivity index (χ0n) is 9.98. The first-order valence-corrected chi connectivity index (χ1v) is 6.40. The SMILES string of the molecule is CC1CCCC(CCl)(NC(=O)C(C)C)C1. The van der Waals surface area contributed by atoms with Crippen molar-refractivity contribution < 1.29 is 4.79 Å². The lowest BCUT2D eigenvalue weighted by molar-refractivity contribution is -0.126. The molecule has 0 spiro atoms. The minimum atomic E-state index is -0.138. The lowest BCUT2D eigenvalue weighted by Crippen LogP contribution is -2.53. The van der Waals surface area contributed by atoms with Crippen LogP contribution in [0, 0.1) is 11.8 Å². The van der Waals surface area contributed by atoms with Gasteiger partial charge in [0, 0.05) is 11.8 Å². The lowest BCUT2D eigenvalue weighted by atomic mass is 9.77. The second-order valence-electron chi connectivity index (χ2n) is 5.26. The van der Waals surface area contributed by atoms with Gasteiger partial charge in [-0.25, -0.2) is 0 Å². The molecule has 0 aliphatic heterocycles. The maximum Gasteiger partial charge on any atom is 0.223 e. The number of halogens is 1. The highest BCUT2D eigenvalue weighted by molar-refractivity contribution is 6.18. The predicted molar refractivity (Wildman–Crippen MR) is 64.1 cm³/mol.